The molecule has 1 saturated heterocycles. The molecule has 1 fully saturated rings. The van der Waals surface area contributed by atoms with Gasteiger partial charge >= 0.3 is 0 Å². The van der Waals surface area contributed by atoms with Crippen LogP contribution in [0.25, 0.3) is 0 Å². The molecule has 1 aliphatic heterocycles. The predicted molar refractivity (Wildman–Crippen MR) is 107 cm³/mol. The lowest BCUT2D eigenvalue weighted by Gasteiger charge is -2.24. The van der Waals surface area contributed by atoms with E-state index in [1.165, 1.54) is 12.1 Å². The van der Waals surface area contributed by atoms with Gasteiger partial charge in [0.2, 0.25) is 11.8 Å². The first-order valence-electron chi connectivity index (χ1n) is 9.25. The van der Waals surface area contributed by atoms with Gasteiger partial charge in [-0.3, -0.25) is 9.59 Å². The molecule has 0 unspecified atom stereocenters. The summed E-state index contributed by atoms with van der Waals surface area (Å²) < 4.78 is 26.7. The highest BCUT2D eigenvalue weighted by Gasteiger charge is 2.44. The maximum absolute atomic E-state index is 13.0. The zero-order valence-corrected chi connectivity index (χ0v) is 17.0. The van der Waals surface area contributed by atoms with Crippen molar-refractivity contribution in [3.8, 4) is 0 Å². The van der Waals surface area contributed by atoms with Gasteiger partial charge in [-0.2, -0.15) is 0 Å². The van der Waals surface area contributed by atoms with E-state index in [2.05, 4.69) is 19.2 Å². The molecule has 0 spiro atoms. The van der Waals surface area contributed by atoms with E-state index in [0.717, 1.165) is 15.4 Å². The number of anilines is 1. The molecule has 0 aromatic heterocycles. The van der Waals surface area contributed by atoms with Crippen LogP contribution in [-0.2, 0) is 19.6 Å². The number of carbonyl (C=O) groups is 2. The number of sulfonamides is 1. The number of carbonyl (C=O) groups excluding carboxylic acids is 2. The van der Waals surface area contributed by atoms with Gasteiger partial charge in [0.15, 0.2) is 0 Å². The smallest absolute Gasteiger partial charge is 0.267 e. The average molecular weight is 401 g/mol. The van der Waals surface area contributed by atoms with Gasteiger partial charge in [-0.1, -0.05) is 43.7 Å². The molecule has 1 N–H and O–H groups in total. The Balaban J connectivity index is 1.83. The Labute approximate surface area is 165 Å². The van der Waals surface area contributed by atoms with Crippen molar-refractivity contribution in [1.82, 2.24) is 4.31 Å². The molecule has 1 atom stereocenters. The Morgan fingerprint density at radius 1 is 1.07 bits per heavy atom. The van der Waals surface area contributed by atoms with E-state index in [0.29, 0.717) is 11.6 Å². The minimum atomic E-state index is -4.09. The van der Waals surface area contributed by atoms with Crippen LogP contribution in [0.5, 0.6) is 0 Å². The van der Waals surface area contributed by atoms with Crippen LogP contribution >= 0.6 is 0 Å². The second-order valence-corrected chi connectivity index (χ2v) is 9.14. The van der Waals surface area contributed by atoms with E-state index in [9.17, 15) is 18.0 Å². The number of aryl methyl sites for hydroxylation is 1. The number of nitrogens with one attached hydrogen (secondary N) is 1. The third-order valence-corrected chi connectivity index (χ3v) is 6.73. The number of rotatable bonds is 5. The van der Waals surface area contributed by atoms with E-state index in [1.54, 1.807) is 24.3 Å². The van der Waals surface area contributed by atoms with Gasteiger partial charge in [-0.15, -0.1) is 0 Å². The molecule has 148 valence electrons. The van der Waals surface area contributed by atoms with Gasteiger partial charge in [0.1, 0.15) is 6.04 Å². The quantitative estimate of drug-likeness (QED) is 0.833. The fraction of sp³-hybridized carbons (Fsp3) is 0.333. The third-order valence-electron chi connectivity index (χ3n) is 4.89. The molecule has 6 nitrogen and oxygen atoms in total. The molecule has 2 amide bonds. The Hall–Kier alpha value is -2.67. The lowest BCUT2D eigenvalue weighted by Crippen LogP contribution is -2.45. The van der Waals surface area contributed by atoms with Crippen molar-refractivity contribution in [3.63, 3.8) is 0 Å². The fourth-order valence-electron chi connectivity index (χ4n) is 3.20. The predicted octanol–water partition coefficient (Wildman–Crippen LogP) is 3.44. The average Bonchev–Trinajstić information content (AvgIpc) is 3.05. The van der Waals surface area contributed by atoms with Crippen molar-refractivity contribution in [2.75, 3.05) is 5.32 Å². The van der Waals surface area contributed by atoms with Crippen molar-refractivity contribution < 1.29 is 18.0 Å². The first-order valence-corrected chi connectivity index (χ1v) is 10.7. The van der Waals surface area contributed by atoms with Gasteiger partial charge < -0.3 is 5.32 Å². The maximum Gasteiger partial charge on any atom is 0.267 e. The zero-order chi connectivity index (χ0) is 20.5. The highest BCUT2D eigenvalue weighted by atomic mass is 32.2. The summed E-state index contributed by atoms with van der Waals surface area (Å²) in [5, 5.41) is 2.74. The molecule has 1 aliphatic rings. The zero-order valence-electron chi connectivity index (χ0n) is 16.2. The van der Waals surface area contributed by atoms with Gasteiger partial charge in [0, 0.05) is 12.1 Å². The molecular formula is C21H24N2O4S. The summed E-state index contributed by atoms with van der Waals surface area (Å²) in [6.07, 6.45) is 0.190. The highest BCUT2D eigenvalue weighted by Crippen LogP contribution is 2.28. The molecule has 28 heavy (non-hydrogen) atoms. The summed E-state index contributed by atoms with van der Waals surface area (Å²) in [7, 11) is -4.09. The van der Waals surface area contributed by atoms with Gasteiger partial charge in [-0.25, -0.2) is 12.7 Å². The largest absolute Gasteiger partial charge is 0.324 e. The minimum absolute atomic E-state index is 0.00689. The molecular weight excluding hydrogens is 376 g/mol. The fourth-order valence-corrected chi connectivity index (χ4v) is 4.80. The van der Waals surface area contributed by atoms with Crippen LogP contribution in [0, 0.1) is 6.92 Å². The molecule has 2 aromatic carbocycles. The summed E-state index contributed by atoms with van der Waals surface area (Å²) in [5.41, 5.74) is 2.62. The van der Waals surface area contributed by atoms with Crippen LogP contribution in [0.15, 0.2) is 53.4 Å². The molecule has 3 rings (SSSR count). The van der Waals surface area contributed by atoms with Gasteiger partial charge in [-0.05, 0) is 49.1 Å². The van der Waals surface area contributed by atoms with Crippen LogP contribution < -0.4 is 5.32 Å². The molecule has 0 bridgehead atoms. The van der Waals surface area contributed by atoms with E-state index in [-0.39, 0.29) is 17.7 Å². The lowest BCUT2D eigenvalue weighted by atomic mass is 10.0. The summed E-state index contributed by atoms with van der Waals surface area (Å²) in [4.78, 5) is 25.1. The number of amides is 2. The monoisotopic (exact) mass is 400 g/mol. The first kappa shape index (κ1) is 20.1. The number of hydrogen-bond donors (Lipinski definition) is 1. The van der Waals surface area contributed by atoms with Crippen LogP contribution in [0.2, 0.25) is 0 Å². The van der Waals surface area contributed by atoms with Gasteiger partial charge in [0.05, 0.1) is 4.90 Å². The Kier molecular flexibility index (Phi) is 5.56. The van der Waals surface area contributed by atoms with Crippen molar-refractivity contribution in [1.29, 1.82) is 0 Å². The van der Waals surface area contributed by atoms with E-state index in [4.69, 9.17) is 0 Å². The molecule has 0 aliphatic carbocycles. The Morgan fingerprint density at radius 3 is 2.25 bits per heavy atom. The van der Waals surface area contributed by atoms with Crippen molar-refractivity contribution in [2.24, 2.45) is 0 Å². The van der Waals surface area contributed by atoms with E-state index < -0.39 is 27.9 Å². The molecule has 1 heterocycles. The van der Waals surface area contributed by atoms with Crippen molar-refractivity contribution >= 4 is 27.5 Å². The standard InChI is InChI=1S/C21H24N2O4S/c1-14(2)16-6-8-17(9-7-16)22-21(25)19-12-13-20(24)23(19)28(26,27)18-10-4-15(3)5-11-18/h4-11,14,19H,12-13H2,1-3H3,(H,22,25)/t19-/m1/s1. The summed E-state index contributed by atoms with van der Waals surface area (Å²) in [6, 6.07) is 12.6. The van der Waals surface area contributed by atoms with Crippen molar-refractivity contribution in [2.45, 2.75) is 50.5 Å². The molecule has 7 heteroatoms. The maximum atomic E-state index is 13.0. The first-order chi connectivity index (χ1) is 13.2. The second-order valence-electron chi connectivity index (χ2n) is 7.33. The van der Waals surface area contributed by atoms with Crippen LogP contribution in [0.4, 0.5) is 5.69 Å². The minimum Gasteiger partial charge on any atom is -0.324 e. The Bertz CT molecular complexity index is 980. The topological polar surface area (TPSA) is 83.6 Å². The summed E-state index contributed by atoms with van der Waals surface area (Å²) in [6.45, 7) is 6.00. The van der Waals surface area contributed by atoms with E-state index >= 15 is 0 Å². The van der Waals surface area contributed by atoms with Crippen LogP contribution in [-0.4, -0.2) is 30.6 Å². The normalized spacial score (nSPS) is 17.2. The molecule has 0 radical (unpaired) electrons. The van der Waals surface area contributed by atoms with Crippen molar-refractivity contribution in [3.05, 3.63) is 59.7 Å². The van der Waals surface area contributed by atoms with Gasteiger partial charge in [0.25, 0.3) is 10.0 Å². The highest BCUT2D eigenvalue weighted by molar-refractivity contribution is 7.89. The summed E-state index contributed by atoms with van der Waals surface area (Å²) >= 11 is 0. The molecule has 0 saturated carbocycles. The molecule has 2 aromatic rings. The third kappa shape index (κ3) is 3.94. The van der Waals surface area contributed by atoms with Crippen LogP contribution in [0.1, 0.15) is 43.7 Å². The lowest BCUT2D eigenvalue weighted by molar-refractivity contribution is -0.128. The number of nitrogens with zero attached hydrogens (tertiary/aromatic N) is 1. The second kappa shape index (κ2) is 7.75. The number of benzene rings is 2. The van der Waals surface area contributed by atoms with Crippen LogP contribution in [0.3, 0.4) is 0 Å². The number of hydrogen-bond acceptors (Lipinski definition) is 4. The SMILES string of the molecule is Cc1ccc(S(=O)(=O)N2C(=O)CC[C@@H]2C(=O)Nc2ccc(C(C)C)cc2)cc1. The Morgan fingerprint density at radius 2 is 1.68 bits per heavy atom. The summed E-state index contributed by atoms with van der Waals surface area (Å²) in [5.74, 6) is -0.693. The van der Waals surface area contributed by atoms with E-state index in [1.807, 2.05) is 19.1 Å².